The first kappa shape index (κ1) is 23.0. The number of nitrogens with one attached hydrogen (secondary N) is 1. The average molecular weight is 476 g/mol. The summed E-state index contributed by atoms with van der Waals surface area (Å²) in [5.74, 6) is -3.80. The van der Waals surface area contributed by atoms with Crippen molar-refractivity contribution >= 4 is 11.9 Å². The Kier molecular flexibility index (Phi) is 5.86. The number of hydrogen-bond donors (Lipinski definition) is 2. The van der Waals surface area contributed by atoms with Gasteiger partial charge in [0, 0.05) is 18.2 Å². The maximum Gasteiger partial charge on any atom is 0.573 e. The van der Waals surface area contributed by atoms with E-state index in [-0.39, 0.29) is 29.8 Å². The van der Waals surface area contributed by atoms with Crippen LogP contribution in [-0.4, -0.2) is 34.9 Å². The van der Waals surface area contributed by atoms with Gasteiger partial charge in [-0.05, 0) is 35.9 Å². The molecule has 1 aliphatic heterocycles. The van der Waals surface area contributed by atoms with Gasteiger partial charge in [-0.2, -0.15) is 0 Å². The van der Waals surface area contributed by atoms with Crippen molar-refractivity contribution in [1.29, 1.82) is 0 Å². The highest BCUT2D eigenvalue weighted by atomic mass is 19.4. The van der Waals surface area contributed by atoms with E-state index in [1.54, 1.807) is 24.3 Å². The summed E-state index contributed by atoms with van der Waals surface area (Å²) in [6.07, 6.45) is -3.93. The summed E-state index contributed by atoms with van der Waals surface area (Å²) in [7, 11) is 0. The molecule has 1 unspecified atom stereocenters. The van der Waals surface area contributed by atoms with Gasteiger partial charge in [0.05, 0.1) is 17.7 Å². The number of rotatable bonds is 5. The Morgan fingerprint density at radius 3 is 2.53 bits per heavy atom. The van der Waals surface area contributed by atoms with Crippen molar-refractivity contribution in [2.45, 2.75) is 18.3 Å². The molecule has 1 atom stereocenters. The first-order valence-corrected chi connectivity index (χ1v) is 9.89. The van der Waals surface area contributed by atoms with Crippen LogP contribution < -0.4 is 14.8 Å². The monoisotopic (exact) mass is 476 g/mol. The number of ether oxygens (including phenoxy) is 2. The standard InChI is InChI=1S/C23H16F4N2O5/c24-16-11-14(6-8-19(16)34-23(25,26)27)22(9-10-33-18-4-2-1-3-15(18)22)29-20(30)17-7-5-13(12-28-17)21(31)32/h1-8,11-12H,9-10H2,(H,29,30)(H,31,32). The van der Waals surface area contributed by atoms with E-state index in [1.807, 2.05) is 0 Å². The third-order valence-electron chi connectivity index (χ3n) is 5.30. The quantitative estimate of drug-likeness (QED) is 0.534. The van der Waals surface area contributed by atoms with Crippen molar-refractivity contribution in [3.05, 3.63) is 89.0 Å². The number of carboxylic acids is 1. The molecule has 7 nitrogen and oxygen atoms in total. The summed E-state index contributed by atoms with van der Waals surface area (Å²) in [6.45, 7) is 0.116. The van der Waals surface area contributed by atoms with Crippen LogP contribution in [0.15, 0.2) is 60.8 Å². The fourth-order valence-electron chi connectivity index (χ4n) is 3.78. The molecule has 0 saturated carbocycles. The van der Waals surface area contributed by atoms with Crippen LogP contribution in [0, 0.1) is 5.82 Å². The number of benzene rings is 2. The number of hydrogen-bond acceptors (Lipinski definition) is 5. The minimum atomic E-state index is -5.08. The lowest BCUT2D eigenvalue weighted by atomic mass is 9.78. The van der Waals surface area contributed by atoms with E-state index in [4.69, 9.17) is 9.84 Å². The number of carbonyl (C=O) groups is 2. The van der Waals surface area contributed by atoms with Crippen LogP contribution >= 0.6 is 0 Å². The predicted molar refractivity (Wildman–Crippen MR) is 109 cm³/mol. The first-order valence-electron chi connectivity index (χ1n) is 9.89. The van der Waals surface area contributed by atoms with E-state index in [0.717, 1.165) is 18.3 Å². The summed E-state index contributed by atoms with van der Waals surface area (Å²) in [5, 5.41) is 11.8. The van der Waals surface area contributed by atoms with Crippen molar-refractivity contribution < 1.29 is 41.7 Å². The molecular formula is C23H16F4N2O5. The second-order valence-corrected chi connectivity index (χ2v) is 7.38. The SMILES string of the molecule is O=C(O)c1ccc(C(=O)NC2(c3ccc(OC(F)(F)F)c(F)c3)CCOc3ccccc32)nc1. The highest BCUT2D eigenvalue weighted by molar-refractivity contribution is 5.94. The normalized spacial score (nSPS) is 17.3. The Bertz CT molecular complexity index is 1250. The maximum atomic E-state index is 14.6. The Hall–Kier alpha value is -4.15. The number of para-hydroxylation sites is 1. The molecule has 0 aliphatic carbocycles. The summed E-state index contributed by atoms with van der Waals surface area (Å²) in [4.78, 5) is 28.0. The van der Waals surface area contributed by atoms with Gasteiger partial charge < -0.3 is 19.9 Å². The third kappa shape index (κ3) is 4.49. The molecule has 0 radical (unpaired) electrons. The zero-order valence-electron chi connectivity index (χ0n) is 17.2. The number of aromatic carboxylic acids is 1. The van der Waals surface area contributed by atoms with Gasteiger partial charge in [-0.3, -0.25) is 9.78 Å². The molecule has 11 heteroatoms. The van der Waals surface area contributed by atoms with Gasteiger partial charge in [0.2, 0.25) is 0 Å². The number of carbonyl (C=O) groups excluding carboxylic acids is 1. The van der Waals surface area contributed by atoms with E-state index in [2.05, 4.69) is 15.0 Å². The maximum absolute atomic E-state index is 14.6. The summed E-state index contributed by atoms with van der Waals surface area (Å²) in [6, 6.07) is 12.0. The molecule has 2 N–H and O–H groups in total. The van der Waals surface area contributed by atoms with Gasteiger partial charge in [0.15, 0.2) is 11.6 Å². The van der Waals surface area contributed by atoms with E-state index in [1.165, 1.54) is 18.2 Å². The number of pyridine rings is 1. The number of nitrogens with zero attached hydrogens (tertiary/aromatic N) is 1. The zero-order valence-corrected chi connectivity index (χ0v) is 17.2. The number of carboxylic acid groups (broad SMARTS) is 1. The predicted octanol–water partition coefficient (Wildman–Crippen LogP) is 4.27. The third-order valence-corrected chi connectivity index (χ3v) is 5.30. The molecule has 0 fully saturated rings. The summed E-state index contributed by atoms with van der Waals surface area (Å²) < 4.78 is 61.7. The van der Waals surface area contributed by atoms with Crippen molar-refractivity contribution in [3.8, 4) is 11.5 Å². The number of halogens is 4. The van der Waals surface area contributed by atoms with Crippen LogP contribution in [0.5, 0.6) is 11.5 Å². The van der Waals surface area contributed by atoms with Crippen LogP contribution in [0.25, 0.3) is 0 Å². The molecule has 0 bridgehead atoms. The minimum absolute atomic E-state index is 0.106. The molecule has 1 aromatic heterocycles. The Morgan fingerprint density at radius 2 is 1.88 bits per heavy atom. The second-order valence-electron chi connectivity index (χ2n) is 7.38. The van der Waals surface area contributed by atoms with E-state index in [0.29, 0.717) is 11.3 Å². The molecule has 2 heterocycles. The van der Waals surface area contributed by atoms with Gasteiger partial charge in [0.25, 0.3) is 5.91 Å². The Labute approximate surface area is 190 Å². The minimum Gasteiger partial charge on any atom is -0.493 e. The molecular weight excluding hydrogens is 460 g/mol. The topological polar surface area (TPSA) is 97.8 Å². The molecule has 34 heavy (non-hydrogen) atoms. The van der Waals surface area contributed by atoms with Gasteiger partial charge in [-0.25, -0.2) is 9.18 Å². The fraction of sp³-hybridized carbons (Fsp3) is 0.174. The molecule has 0 saturated heterocycles. The van der Waals surface area contributed by atoms with Crippen LogP contribution in [0.3, 0.4) is 0 Å². The van der Waals surface area contributed by atoms with E-state index in [9.17, 15) is 27.2 Å². The van der Waals surface area contributed by atoms with Crippen LogP contribution in [0.1, 0.15) is 38.4 Å². The fourth-order valence-corrected chi connectivity index (χ4v) is 3.78. The van der Waals surface area contributed by atoms with Crippen LogP contribution in [0.4, 0.5) is 17.6 Å². The second kappa shape index (κ2) is 8.65. The zero-order chi connectivity index (χ0) is 24.5. The Morgan fingerprint density at radius 1 is 1.12 bits per heavy atom. The average Bonchev–Trinajstić information content (AvgIpc) is 2.79. The van der Waals surface area contributed by atoms with Gasteiger partial charge in [-0.1, -0.05) is 24.3 Å². The van der Waals surface area contributed by atoms with Crippen LogP contribution in [0.2, 0.25) is 0 Å². The number of amides is 1. The van der Waals surface area contributed by atoms with Crippen LogP contribution in [-0.2, 0) is 5.54 Å². The van der Waals surface area contributed by atoms with Crippen molar-refractivity contribution in [3.63, 3.8) is 0 Å². The number of fused-ring (bicyclic) bond motifs is 1. The molecule has 1 aliphatic rings. The molecule has 2 aromatic carbocycles. The van der Waals surface area contributed by atoms with Crippen molar-refractivity contribution in [2.75, 3.05) is 6.61 Å². The largest absolute Gasteiger partial charge is 0.573 e. The lowest BCUT2D eigenvalue weighted by Crippen LogP contribution is -2.50. The van der Waals surface area contributed by atoms with Gasteiger partial charge in [-0.15, -0.1) is 13.2 Å². The highest BCUT2D eigenvalue weighted by Crippen LogP contribution is 2.43. The molecule has 0 spiro atoms. The lowest BCUT2D eigenvalue weighted by molar-refractivity contribution is -0.275. The van der Waals surface area contributed by atoms with Crippen molar-refractivity contribution in [2.24, 2.45) is 0 Å². The summed E-state index contributed by atoms with van der Waals surface area (Å²) >= 11 is 0. The van der Waals surface area contributed by atoms with E-state index >= 15 is 0 Å². The molecule has 4 rings (SSSR count). The number of alkyl halides is 3. The summed E-state index contributed by atoms with van der Waals surface area (Å²) in [5.41, 5.74) is -0.987. The molecule has 1 amide bonds. The van der Waals surface area contributed by atoms with E-state index < -0.39 is 35.3 Å². The lowest BCUT2D eigenvalue weighted by Gasteiger charge is -2.40. The molecule has 176 valence electrons. The first-order chi connectivity index (χ1) is 16.1. The smallest absolute Gasteiger partial charge is 0.493 e. The highest BCUT2D eigenvalue weighted by Gasteiger charge is 2.42. The number of aromatic nitrogens is 1. The molecule has 3 aromatic rings. The van der Waals surface area contributed by atoms with Crippen molar-refractivity contribution in [1.82, 2.24) is 10.3 Å². The Balaban J connectivity index is 1.78. The van der Waals surface area contributed by atoms with Gasteiger partial charge in [0.1, 0.15) is 11.4 Å². The van der Waals surface area contributed by atoms with Gasteiger partial charge >= 0.3 is 12.3 Å².